The third kappa shape index (κ3) is 8.08. The van der Waals surface area contributed by atoms with Crippen molar-refractivity contribution in [1.29, 1.82) is 0 Å². The lowest BCUT2D eigenvalue weighted by Gasteiger charge is -2.25. The molecule has 2 amide bonds. The van der Waals surface area contributed by atoms with Gasteiger partial charge in [0.25, 0.3) is 11.8 Å². The SMILES string of the molecule is [B]C([B])([B])Oc1cc(OC(F)(F)F)ccc1Oc1ccc(C(F)(F)F)c(F)c1C(=O)Nc1cnc(C(N)=O)cc1C. The van der Waals surface area contributed by atoms with Gasteiger partial charge in [-0.15, -0.1) is 13.2 Å². The van der Waals surface area contributed by atoms with E-state index < -0.39 is 69.6 Å². The fourth-order valence-electron chi connectivity index (χ4n) is 3.24. The van der Waals surface area contributed by atoms with Crippen molar-refractivity contribution in [3.63, 3.8) is 0 Å². The van der Waals surface area contributed by atoms with E-state index in [4.69, 9.17) is 38.7 Å². The molecule has 41 heavy (non-hydrogen) atoms. The molecule has 8 nitrogen and oxygen atoms in total. The predicted octanol–water partition coefficient (Wildman–Crippen LogP) is 4.09. The van der Waals surface area contributed by atoms with E-state index in [-0.39, 0.29) is 23.0 Å². The van der Waals surface area contributed by atoms with Crippen molar-refractivity contribution in [1.82, 2.24) is 4.98 Å². The number of ether oxygens (including phenoxy) is 3. The number of hydrogen-bond donors (Lipinski definition) is 2. The van der Waals surface area contributed by atoms with Gasteiger partial charge >= 0.3 is 12.5 Å². The molecular formula is C23H13B3F7N3O5. The Labute approximate surface area is 230 Å². The first-order valence-corrected chi connectivity index (χ1v) is 10.9. The second-order valence-electron chi connectivity index (χ2n) is 8.21. The molecule has 3 aromatic rings. The number of alkyl halides is 6. The van der Waals surface area contributed by atoms with E-state index in [0.29, 0.717) is 18.2 Å². The van der Waals surface area contributed by atoms with E-state index in [0.717, 1.165) is 18.3 Å². The van der Waals surface area contributed by atoms with Gasteiger partial charge in [-0.3, -0.25) is 9.59 Å². The summed E-state index contributed by atoms with van der Waals surface area (Å²) >= 11 is 0. The number of nitrogens with two attached hydrogens (primary N) is 1. The molecule has 3 rings (SSSR count). The number of carbonyl (C=O) groups excluding carboxylic acids is 2. The quantitative estimate of drug-likeness (QED) is 0.309. The summed E-state index contributed by atoms with van der Waals surface area (Å²) in [6.07, 6.45) is -9.44. The number of primary amides is 1. The Morgan fingerprint density at radius 2 is 1.56 bits per heavy atom. The zero-order valence-corrected chi connectivity index (χ0v) is 20.5. The van der Waals surface area contributed by atoms with Gasteiger partial charge in [0, 0.05) is 6.07 Å². The second kappa shape index (κ2) is 11.3. The first-order chi connectivity index (χ1) is 18.7. The molecule has 0 bridgehead atoms. The van der Waals surface area contributed by atoms with Crippen molar-refractivity contribution in [2.75, 3.05) is 5.32 Å². The molecule has 0 aliphatic rings. The fraction of sp³-hybridized carbons (Fsp3) is 0.174. The highest BCUT2D eigenvalue weighted by Crippen LogP contribution is 2.41. The largest absolute Gasteiger partial charge is 0.573 e. The molecule has 0 saturated carbocycles. The lowest BCUT2D eigenvalue weighted by atomic mass is 9.52. The zero-order chi connectivity index (χ0) is 30.9. The van der Waals surface area contributed by atoms with Crippen LogP contribution in [-0.2, 0) is 6.18 Å². The third-order valence-corrected chi connectivity index (χ3v) is 4.90. The molecule has 0 spiro atoms. The number of hydrogen-bond acceptors (Lipinski definition) is 6. The number of rotatable bonds is 8. The predicted molar refractivity (Wildman–Crippen MR) is 131 cm³/mol. The van der Waals surface area contributed by atoms with E-state index in [1.807, 2.05) is 0 Å². The molecule has 2 aromatic carbocycles. The highest BCUT2D eigenvalue weighted by molar-refractivity contribution is 6.58. The molecule has 0 atom stereocenters. The number of aryl methyl sites for hydroxylation is 1. The monoisotopic (exact) mass is 577 g/mol. The lowest BCUT2D eigenvalue weighted by molar-refractivity contribution is -0.274. The van der Waals surface area contributed by atoms with Gasteiger partial charge in [-0.25, -0.2) is 9.37 Å². The summed E-state index contributed by atoms with van der Waals surface area (Å²) in [6, 6.07) is 4.04. The first kappa shape index (κ1) is 31.2. The Morgan fingerprint density at radius 3 is 2.10 bits per heavy atom. The van der Waals surface area contributed by atoms with Gasteiger partial charge in [0.15, 0.2) is 17.3 Å². The molecule has 0 aliphatic heterocycles. The maximum absolute atomic E-state index is 15.2. The summed E-state index contributed by atoms with van der Waals surface area (Å²) < 4.78 is 108. The Bertz CT molecular complexity index is 1500. The summed E-state index contributed by atoms with van der Waals surface area (Å²) in [5.74, 6) is -7.49. The second-order valence-corrected chi connectivity index (χ2v) is 8.21. The summed E-state index contributed by atoms with van der Waals surface area (Å²) in [6.45, 7) is 1.39. The maximum Gasteiger partial charge on any atom is 0.573 e. The first-order valence-electron chi connectivity index (χ1n) is 10.9. The summed E-state index contributed by atoms with van der Waals surface area (Å²) in [5.41, 5.74) is 1.85. The van der Waals surface area contributed by atoms with Crippen LogP contribution >= 0.6 is 0 Å². The van der Waals surface area contributed by atoms with E-state index in [2.05, 4.69) is 15.0 Å². The van der Waals surface area contributed by atoms with Crippen LogP contribution in [0.1, 0.15) is 32.0 Å². The van der Waals surface area contributed by atoms with Crippen LogP contribution in [0.4, 0.5) is 36.4 Å². The summed E-state index contributed by atoms with van der Waals surface area (Å²) in [7, 11) is 16.0. The van der Waals surface area contributed by atoms with E-state index in [9.17, 15) is 35.9 Å². The molecule has 0 aliphatic carbocycles. The van der Waals surface area contributed by atoms with Crippen LogP contribution in [0, 0.1) is 12.7 Å². The average Bonchev–Trinajstić information content (AvgIpc) is 2.79. The molecule has 0 saturated heterocycles. The Morgan fingerprint density at radius 1 is 0.927 bits per heavy atom. The highest BCUT2D eigenvalue weighted by atomic mass is 19.4. The summed E-state index contributed by atoms with van der Waals surface area (Å²) in [4.78, 5) is 28.1. The number of benzene rings is 2. The van der Waals surface area contributed by atoms with E-state index in [1.165, 1.54) is 6.92 Å². The molecule has 18 heteroatoms. The van der Waals surface area contributed by atoms with Gasteiger partial charge < -0.3 is 25.3 Å². The Hall–Kier alpha value is -4.37. The van der Waals surface area contributed by atoms with Crippen LogP contribution in [0.2, 0.25) is 0 Å². The molecule has 1 heterocycles. The fourth-order valence-corrected chi connectivity index (χ4v) is 3.24. The van der Waals surface area contributed by atoms with Gasteiger partial charge in [-0.05, 0) is 48.1 Å². The molecule has 0 fully saturated rings. The average molecular weight is 577 g/mol. The van der Waals surface area contributed by atoms with Crippen molar-refractivity contribution < 1.29 is 54.5 Å². The lowest BCUT2D eigenvalue weighted by Crippen LogP contribution is -2.37. The third-order valence-electron chi connectivity index (χ3n) is 4.90. The standard InChI is InChI=1S/C23H13B3F7N3O5/c1-9-6-12(19(34)37)35-8-13(9)36-20(38)17-15(5-3-11(18(17)27)21(28,29)30)39-14-4-2-10(40-23(31,32)33)7-16(14)41-22(24,25)26/h2-8H,1H3,(H2,34,37)(H,36,38). The van der Waals surface area contributed by atoms with Crippen molar-refractivity contribution in [2.45, 2.75) is 24.8 Å². The Kier molecular flexibility index (Phi) is 8.55. The van der Waals surface area contributed by atoms with E-state index >= 15 is 4.39 Å². The minimum Gasteiger partial charge on any atom is -0.512 e. The molecule has 208 valence electrons. The number of anilines is 1. The van der Waals surface area contributed by atoms with Crippen molar-refractivity contribution in [3.8, 4) is 23.0 Å². The zero-order valence-electron chi connectivity index (χ0n) is 20.5. The molecule has 6 radical (unpaired) electrons. The molecular weight excluding hydrogens is 564 g/mol. The molecule has 1 aromatic heterocycles. The smallest absolute Gasteiger partial charge is 0.512 e. The van der Waals surface area contributed by atoms with Crippen molar-refractivity contribution in [3.05, 3.63) is 70.8 Å². The number of nitrogens with zero attached hydrogens (tertiary/aromatic N) is 1. The minimum atomic E-state index is -5.25. The normalized spacial score (nSPS) is 12.0. The van der Waals surface area contributed by atoms with E-state index in [1.54, 1.807) is 0 Å². The number of aromatic nitrogens is 1. The van der Waals surface area contributed by atoms with Gasteiger partial charge in [-0.1, -0.05) is 0 Å². The van der Waals surface area contributed by atoms with Crippen LogP contribution in [0.3, 0.4) is 0 Å². The van der Waals surface area contributed by atoms with Crippen LogP contribution in [0.25, 0.3) is 0 Å². The number of nitrogens with one attached hydrogen (secondary N) is 1. The number of amides is 2. The van der Waals surface area contributed by atoms with Crippen LogP contribution in [0.15, 0.2) is 42.6 Å². The van der Waals surface area contributed by atoms with Gasteiger partial charge in [0.2, 0.25) is 0 Å². The molecule has 0 unspecified atom stereocenters. The maximum atomic E-state index is 15.2. The van der Waals surface area contributed by atoms with Crippen LogP contribution in [0.5, 0.6) is 23.0 Å². The number of halogens is 7. The van der Waals surface area contributed by atoms with Gasteiger partial charge in [0.05, 0.1) is 17.4 Å². The topological polar surface area (TPSA) is 113 Å². The van der Waals surface area contributed by atoms with Crippen LogP contribution < -0.4 is 25.3 Å². The summed E-state index contributed by atoms with van der Waals surface area (Å²) in [5, 5.41) is -0.363. The Balaban J connectivity index is 2.11. The van der Waals surface area contributed by atoms with Gasteiger partial charge in [0.1, 0.15) is 46.3 Å². The van der Waals surface area contributed by atoms with Crippen LogP contribution in [-0.4, -0.2) is 52.0 Å². The number of carbonyl (C=O) groups is 2. The highest BCUT2D eigenvalue weighted by Gasteiger charge is 2.38. The molecule has 3 N–H and O–H groups in total. The minimum absolute atomic E-state index is 0.139. The number of pyridine rings is 1. The van der Waals surface area contributed by atoms with Gasteiger partial charge in [-0.2, -0.15) is 13.2 Å². The van der Waals surface area contributed by atoms with Crippen molar-refractivity contribution in [2.24, 2.45) is 5.73 Å². The van der Waals surface area contributed by atoms with Crippen molar-refractivity contribution >= 4 is 41.0 Å².